The van der Waals surface area contributed by atoms with Gasteiger partial charge in [-0.2, -0.15) is 0 Å². The predicted octanol–water partition coefficient (Wildman–Crippen LogP) is 2.26. The van der Waals surface area contributed by atoms with Crippen LogP contribution >= 0.6 is 0 Å². The van der Waals surface area contributed by atoms with Crippen LogP contribution < -0.4 is 5.32 Å². The first-order valence-corrected chi connectivity index (χ1v) is 5.48. The van der Waals surface area contributed by atoms with Gasteiger partial charge in [0.2, 0.25) is 5.91 Å². The molecule has 1 rings (SSSR count). The minimum absolute atomic E-state index is 0.0648. The van der Waals surface area contributed by atoms with Crippen LogP contribution in [0.2, 0.25) is 0 Å². The van der Waals surface area contributed by atoms with Crippen molar-refractivity contribution in [1.29, 1.82) is 0 Å². The average Bonchev–Trinajstić information content (AvgIpc) is 2.27. The molecule has 3 heteroatoms. The van der Waals surface area contributed by atoms with Crippen LogP contribution in [-0.2, 0) is 4.79 Å². The van der Waals surface area contributed by atoms with Gasteiger partial charge < -0.3 is 5.32 Å². The van der Waals surface area contributed by atoms with Gasteiger partial charge in [0.05, 0.1) is 0 Å². The van der Waals surface area contributed by atoms with Gasteiger partial charge in [-0.15, -0.1) is 0 Å². The third-order valence-electron chi connectivity index (χ3n) is 2.48. The average molecular weight is 218 g/mol. The molecule has 1 unspecified atom stereocenters. The number of pyridine rings is 1. The quantitative estimate of drug-likeness (QED) is 0.788. The van der Waals surface area contributed by atoms with Gasteiger partial charge in [0.25, 0.3) is 0 Å². The number of nitrogens with one attached hydrogen (secondary N) is 1. The number of carbonyl (C=O) groups is 1. The van der Waals surface area contributed by atoms with Crippen LogP contribution in [0.25, 0.3) is 6.08 Å². The van der Waals surface area contributed by atoms with Crippen molar-refractivity contribution >= 4 is 12.0 Å². The molecule has 1 heterocycles. The third kappa shape index (κ3) is 4.26. The second kappa shape index (κ2) is 6.05. The van der Waals surface area contributed by atoms with Gasteiger partial charge in [-0.3, -0.25) is 9.78 Å². The standard InChI is InChI=1S/C13H18N2O/c1-10(2)11(3)15-13(16)7-6-12-5-4-8-14-9-12/h4-11H,1-3H3,(H,15,16). The van der Waals surface area contributed by atoms with Crippen molar-refractivity contribution in [3.63, 3.8) is 0 Å². The Kier molecular flexibility index (Phi) is 4.70. The summed E-state index contributed by atoms with van der Waals surface area (Å²) in [6, 6.07) is 3.93. The lowest BCUT2D eigenvalue weighted by molar-refractivity contribution is -0.117. The van der Waals surface area contributed by atoms with Crippen molar-refractivity contribution in [2.75, 3.05) is 0 Å². The van der Waals surface area contributed by atoms with E-state index in [-0.39, 0.29) is 11.9 Å². The zero-order chi connectivity index (χ0) is 12.0. The summed E-state index contributed by atoms with van der Waals surface area (Å²) >= 11 is 0. The molecule has 0 radical (unpaired) electrons. The van der Waals surface area contributed by atoms with Gasteiger partial charge in [0.15, 0.2) is 0 Å². The number of nitrogens with zero attached hydrogens (tertiary/aromatic N) is 1. The third-order valence-corrected chi connectivity index (χ3v) is 2.48. The van der Waals surface area contributed by atoms with E-state index in [1.807, 2.05) is 19.1 Å². The first kappa shape index (κ1) is 12.4. The molecule has 1 atom stereocenters. The lowest BCUT2D eigenvalue weighted by atomic mass is 10.1. The number of hydrogen-bond acceptors (Lipinski definition) is 2. The summed E-state index contributed by atoms with van der Waals surface area (Å²) in [5.41, 5.74) is 0.926. The topological polar surface area (TPSA) is 42.0 Å². The van der Waals surface area contributed by atoms with E-state index in [2.05, 4.69) is 24.1 Å². The van der Waals surface area contributed by atoms with Crippen molar-refractivity contribution in [2.24, 2.45) is 5.92 Å². The molecule has 86 valence electrons. The number of hydrogen-bond donors (Lipinski definition) is 1. The fourth-order valence-electron chi connectivity index (χ4n) is 1.09. The summed E-state index contributed by atoms with van der Waals surface area (Å²) in [5.74, 6) is 0.376. The van der Waals surface area contributed by atoms with Crippen LogP contribution in [0.15, 0.2) is 30.6 Å². The second-order valence-corrected chi connectivity index (χ2v) is 4.16. The predicted molar refractivity (Wildman–Crippen MR) is 65.7 cm³/mol. The van der Waals surface area contributed by atoms with Gasteiger partial charge >= 0.3 is 0 Å². The Bertz CT molecular complexity index is 357. The van der Waals surface area contributed by atoms with Crippen LogP contribution in [0.5, 0.6) is 0 Å². The molecule has 3 nitrogen and oxygen atoms in total. The Hall–Kier alpha value is -1.64. The van der Waals surface area contributed by atoms with Crippen LogP contribution in [0, 0.1) is 5.92 Å². The van der Waals surface area contributed by atoms with E-state index >= 15 is 0 Å². The Morgan fingerprint density at radius 1 is 1.44 bits per heavy atom. The first-order chi connectivity index (χ1) is 7.59. The monoisotopic (exact) mass is 218 g/mol. The minimum Gasteiger partial charge on any atom is -0.350 e. The highest BCUT2D eigenvalue weighted by Crippen LogP contribution is 2.01. The van der Waals surface area contributed by atoms with Gasteiger partial charge in [-0.05, 0) is 30.5 Å². The van der Waals surface area contributed by atoms with E-state index in [0.29, 0.717) is 5.92 Å². The molecule has 0 aliphatic carbocycles. The van der Waals surface area contributed by atoms with Gasteiger partial charge in [-0.25, -0.2) is 0 Å². The van der Waals surface area contributed by atoms with Crippen molar-refractivity contribution in [3.05, 3.63) is 36.2 Å². The maximum absolute atomic E-state index is 11.5. The summed E-state index contributed by atoms with van der Waals surface area (Å²) in [6.45, 7) is 6.16. The Morgan fingerprint density at radius 3 is 2.75 bits per heavy atom. The lowest BCUT2D eigenvalue weighted by Crippen LogP contribution is -2.34. The Balaban J connectivity index is 2.49. The minimum atomic E-state index is -0.0648. The summed E-state index contributed by atoms with van der Waals surface area (Å²) in [6.07, 6.45) is 6.72. The molecule has 0 aromatic carbocycles. The number of rotatable bonds is 4. The van der Waals surface area contributed by atoms with Crippen LogP contribution in [0.4, 0.5) is 0 Å². The summed E-state index contributed by atoms with van der Waals surface area (Å²) in [5, 5.41) is 2.90. The van der Waals surface area contributed by atoms with Crippen molar-refractivity contribution in [1.82, 2.24) is 10.3 Å². The van der Waals surface area contributed by atoms with Crippen LogP contribution in [0.3, 0.4) is 0 Å². The number of aromatic nitrogens is 1. The first-order valence-electron chi connectivity index (χ1n) is 5.48. The van der Waals surface area contributed by atoms with E-state index in [1.54, 1.807) is 18.5 Å². The molecular formula is C13H18N2O. The van der Waals surface area contributed by atoms with Gasteiger partial charge in [-0.1, -0.05) is 19.9 Å². The molecule has 0 spiro atoms. The van der Waals surface area contributed by atoms with Crippen molar-refractivity contribution < 1.29 is 4.79 Å². The molecule has 16 heavy (non-hydrogen) atoms. The molecule has 0 aliphatic rings. The van der Waals surface area contributed by atoms with E-state index < -0.39 is 0 Å². The summed E-state index contributed by atoms with van der Waals surface area (Å²) < 4.78 is 0. The molecule has 0 aliphatic heterocycles. The normalized spacial score (nSPS) is 13.0. The maximum atomic E-state index is 11.5. The largest absolute Gasteiger partial charge is 0.350 e. The van der Waals surface area contributed by atoms with E-state index in [9.17, 15) is 4.79 Å². The fourth-order valence-corrected chi connectivity index (χ4v) is 1.09. The molecule has 1 aromatic rings. The highest BCUT2D eigenvalue weighted by molar-refractivity contribution is 5.91. The fraction of sp³-hybridized carbons (Fsp3) is 0.385. The molecule has 0 saturated heterocycles. The molecule has 0 saturated carbocycles. The molecule has 1 N–H and O–H groups in total. The molecule has 0 fully saturated rings. The highest BCUT2D eigenvalue weighted by atomic mass is 16.1. The maximum Gasteiger partial charge on any atom is 0.244 e. The Labute approximate surface area is 96.6 Å². The van der Waals surface area contributed by atoms with Crippen LogP contribution in [0.1, 0.15) is 26.3 Å². The van der Waals surface area contributed by atoms with Gasteiger partial charge in [0.1, 0.15) is 0 Å². The molecule has 0 bridgehead atoms. The zero-order valence-electron chi connectivity index (χ0n) is 9.97. The highest BCUT2D eigenvalue weighted by Gasteiger charge is 2.07. The van der Waals surface area contributed by atoms with E-state index in [4.69, 9.17) is 0 Å². The number of amides is 1. The lowest BCUT2D eigenvalue weighted by Gasteiger charge is -2.15. The molecular weight excluding hydrogens is 200 g/mol. The van der Waals surface area contributed by atoms with Crippen molar-refractivity contribution in [2.45, 2.75) is 26.8 Å². The van der Waals surface area contributed by atoms with Gasteiger partial charge in [0, 0.05) is 24.5 Å². The molecule has 1 aromatic heterocycles. The SMILES string of the molecule is CC(C)C(C)NC(=O)C=Cc1cccnc1. The second-order valence-electron chi connectivity index (χ2n) is 4.16. The van der Waals surface area contributed by atoms with E-state index in [0.717, 1.165) is 5.56 Å². The zero-order valence-corrected chi connectivity index (χ0v) is 9.97. The van der Waals surface area contributed by atoms with Crippen LogP contribution in [-0.4, -0.2) is 16.9 Å². The van der Waals surface area contributed by atoms with E-state index in [1.165, 1.54) is 6.08 Å². The molecule has 1 amide bonds. The number of carbonyl (C=O) groups excluding carboxylic acids is 1. The Morgan fingerprint density at radius 2 is 2.19 bits per heavy atom. The summed E-state index contributed by atoms with van der Waals surface area (Å²) in [7, 11) is 0. The van der Waals surface area contributed by atoms with Crippen molar-refractivity contribution in [3.8, 4) is 0 Å². The smallest absolute Gasteiger partial charge is 0.244 e. The summed E-state index contributed by atoms with van der Waals surface area (Å²) in [4.78, 5) is 15.5.